The number of hydrogen-bond donors (Lipinski definition) is 1. The lowest BCUT2D eigenvalue weighted by Gasteiger charge is -2.19. The SMILES string of the molecule is Cc1cc(OCCS(=O)(=O)C(C)(C)C)c(C)cc1N. The Labute approximate surface area is 115 Å². The van der Waals surface area contributed by atoms with Crippen molar-refractivity contribution in [2.75, 3.05) is 18.1 Å². The van der Waals surface area contributed by atoms with Crippen LogP contribution in [-0.4, -0.2) is 25.5 Å². The summed E-state index contributed by atoms with van der Waals surface area (Å²) in [6.45, 7) is 9.03. The van der Waals surface area contributed by atoms with E-state index >= 15 is 0 Å². The standard InChI is InChI=1S/C14H23NO3S/c1-10-9-13(11(2)8-12(10)15)18-6-7-19(16,17)14(3,4)5/h8-9H,6-7,15H2,1-5H3. The molecule has 0 saturated heterocycles. The van der Waals surface area contributed by atoms with Crippen molar-refractivity contribution < 1.29 is 13.2 Å². The molecule has 0 amide bonds. The van der Waals surface area contributed by atoms with Gasteiger partial charge in [-0.2, -0.15) is 0 Å². The Bertz CT molecular complexity index is 557. The minimum atomic E-state index is -3.15. The van der Waals surface area contributed by atoms with Gasteiger partial charge in [0.1, 0.15) is 12.4 Å². The smallest absolute Gasteiger partial charge is 0.158 e. The third-order valence-corrected chi connectivity index (χ3v) is 5.68. The van der Waals surface area contributed by atoms with Crippen LogP contribution in [-0.2, 0) is 9.84 Å². The van der Waals surface area contributed by atoms with Crippen LogP contribution < -0.4 is 10.5 Å². The highest BCUT2D eigenvalue weighted by atomic mass is 32.2. The van der Waals surface area contributed by atoms with Crippen LogP contribution in [0.15, 0.2) is 12.1 Å². The molecule has 0 radical (unpaired) electrons. The molecular formula is C14H23NO3S. The van der Waals surface area contributed by atoms with Gasteiger partial charge >= 0.3 is 0 Å². The van der Waals surface area contributed by atoms with E-state index in [0.717, 1.165) is 11.1 Å². The molecular weight excluding hydrogens is 262 g/mol. The second kappa shape index (κ2) is 5.41. The van der Waals surface area contributed by atoms with E-state index in [4.69, 9.17) is 10.5 Å². The molecule has 0 aliphatic heterocycles. The van der Waals surface area contributed by atoms with Gasteiger partial charge in [-0.05, 0) is 57.9 Å². The van der Waals surface area contributed by atoms with Gasteiger partial charge in [0.25, 0.3) is 0 Å². The number of nitrogen functional groups attached to an aromatic ring is 1. The van der Waals surface area contributed by atoms with Crippen molar-refractivity contribution >= 4 is 15.5 Å². The maximum Gasteiger partial charge on any atom is 0.158 e. The fraction of sp³-hybridized carbons (Fsp3) is 0.571. The van der Waals surface area contributed by atoms with Crippen molar-refractivity contribution in [2.24, 2.45) is 0 Å². The van der Waals surface area contributed by atoms with Gasteiger partial charge in [0.2, 0.25) is 0 Å². The number of benzene rings is 1. The molecule has 19 heavy (non-hydrogen) atoms. The number of rotatable bonds is 4. The van der Waals surface area contributed by atoms with Crippen LogP contribution in [0.3, 0.4) is 0 Å². The Morgan fingerprint density at radius 3 is 2.26 bits per heavy atom. The minimum Gasteiger partial charge on any atom is -0.492 e. The molecule has 5 heteroatoms. The highest BCUT2D eigenvalue weighted by molar-refractivity contribution is 7.92. The molecule has 0 heterocycles. The summed E-state index contributed by atoms with van der Waals surface area (Å²) in [7, 11) is -3.15. The second-order valence-electron chi connectivity index (χ2n) is 5.75. The van der Waals surface area contributed by atoms with Crippen molar-refractivity contribution in [3.63, 3.8) is 0 Å². The van der Waals surface area contributed by atoms with Crippen LogP contribution in [0.2, 0.25) is 0 Å². The zero-order chi connectivity index (χ0) is 14.8. The van der Waals surface area contributed by atoms with E-state index in [1.165, 1.54) is 0 Å². The Balaban J connectivity index is 2.72. The zero-order valence-corrected chi connectivity index (χ0v) is 13.1. The van der Waals surface area contributed by atoms with Crippen molar-refractivity contribution in [2.45, 2.75) is 39.4 Å². The number of sulfone groups is 1. The Morgan fingerprint density at radius 1 is 1.16 bits per heavy atom. The molecule has 0 atom stereocenters. The lowest BCUT2D eigenvalue weighted by molar-refractivity contribution is 0.337. The van der Waals surface area contributed by atoms with E-state index in [2.05, 4.69) is 0 Å². The number of ether oxygens (including phenoxy) is 1. The Morgan fingerprint density at radius 2 is 1.74 bits per heavy atom. The van der Waals surface area contributed by atoms with Crippen LogP contribution in [0.4, 0.5) is 5.69 Å². The van der Waals surface area contributed by atoms with E-state index in [9.17, 15) is 8.42 Å². The topological polar surface area (TPSA) is 69.4 Å². The van der Waals surface area contributed by atoms with Crippen LogP contribution in [0.5, 0.6) is 5.75 Å². The molecule has 0 saturated carbocycles. The molecule has 0 spiro atoms. The first-order chi connectivity index (χ1) is 8.54. The molecule has 1 aromatic carbocycles. The Kier molecular flexibility index (Phi) is 4.50. The van der Waals surface area contributed by atoms with Crippen molar-refractivity contribution in [3.8, 4) is 5.75 Å². The molecule has 0 fully saturated rings. The maximum atomic E-state index is 11.9. The number of nitrogens with two attached hydrogens (primary N) is 1. The average Bonchev–Trinajstić information content (AvgIpc) is 2.23. The molecule has 0 aromatic heterocycles. The summed E-state index contributed by atoms with van der Waals surface area (Å²) in [6.07, 6.45) is 0. The first-order valence-corrected chi connectivity index (χ1v) is 7.91. The lowest BCUT2D eigenvalue weighted by atomic mass is 10.1. The van der Waals surface area contributed by atoms with Gasteiger partial charge in [0, 0.05) is 5.69 Å². The maximum absolute atomic E-state index is 11.9. The molecule has 0 aliphatic carbocycles. The third kappa shape index (κ3) is 3.86. The predicted molar refractivity (Wildman–Crippen MR) is 79.4 cm³/mol. The second-order valence-corrected chi connectivity index (χ2v) is 8.62. The summed E-state index contributed by atoms with van der Waals surface area (Å²) in [6, 6.07) is 3.68. The molecule has 1 aromatic rings. The summed E-state index contributed by atoms with van der Waals surface area (Å²) >= 11 is 0. The van der Waals surface area contributed by atoms with Crippen molar-refractivity contribution in [1.82, 2.24) is 0 Å². The zero-order valence-electron chi connectivity index (χ0n) is 12.3. The summed E-state index contributed by atoms with van der Waals surface area (Å²) in [4.78, 5) is 0. The van der Waals surface area contributed by atoms with Gasteiger partial charge in [0.15, 0.2) is 9.84 Å². The van der Waals surface area contributed by atoms with Crippen LogP contribution in [0, 0.1) is 13.8 Å². The molecule has 1 rings (SSSR count). The fourth-order valence-electron chi connectivity index (χ4n) is 1.54. The summed E-state index contributed by atoms with van der Waals surface area (Å²) in [5.41, 5.74) is 8.35. The number of anilines is 1. The first kappa shape index (κ1) is 15.8. The van der Waals surface area contributed by atoms with E-state index in [-0.39, 0.29) is 12.4 Å². The highest BCUT2D eigenvalue weighted by Gasteiger charge is 2.28. The van der Waals surface area contributed by atoms with E-state index in [0.29, 0.717) is 11.4 Å². The third-order valence-electron chi connectivity index (χ3n) is 3.11. The van der Waals surface area contributed by atoms with Gasteiger partial charge in [-0.1, -0.05) is 0 Å². The number of hydrogen-bond acceptors (Lipinski definition) is 4. The molecule has 0 unspecified atom stereocenters. The average molecular weight is 285 g/mol. The van der Waals surface area contributed by atoms with Crippen molar-refractivity contribution in [1.29, 1.82) is 0 Å². The normalized spacial score (nSPS) is 12.5. The van der Waals surface area contributed by atoms with Gasteiger partial charge < -0.3 is 10.5 Å². The summed E-state index contributed by atoms with van der Waals surface area (Å²) < 4.78 is 28.7. The highest BCUT2D eigenvalue weighted by Crippen LogP contribution is 2.24. The molecule has 0 bridgehead atoms. The first-order valence-electron chi connectivity index (χ1n) is 6.26. The summed E-state index contributed by atoms with van der Waals surface area (Å²) in [5.74, 6) is 0.704. The van der Waals surface area contributed by atoms with Crippen molar-refractivity contribution in [3.05, 3.63) is 23.3 Å². The van der Waals surface area contributed by atoms with Crippen LogP contribution in [0.25, 0.3) is 0 Å². The van der Waals surface area contributed by atoms with E-state index in [1.54, 1.807) is 20.8 Å². The molecule has 4 nitrogen and oxygen atoms in total. The minimum absolute atomic E-state index is 0.0133. The quantitative estimate of drug-likeness (QED) is 0.863. The largest absolute Gasteiger partial charge is 0.492 e. The number of aryl methyl sites for hydroxylation is 2. The summed E-state index contributed by atoms with van der Waals surface area (Å²) in [5, 5.41) is 0. The van der Waals surface area contributed by atoms with Crippen LogP contribution in [0.1, 0.15) is 31.9 Å². The van der Waals surface area contributed by atoms with Gasteiger partial charge in [-0.3, -0.25) is 0 Å². The fourth-order valence-corrected chi connectivity index (χ4v) is 2.45. The van der Waals surface area contributed by atoms with Gasteiger partial charge in [0.05, 0.1) is 10.5 Å². The van der Waals surface area contributed by atoms with E-state index in [1.807, 2.05) is 26.0 Å². The molecule has 0 aliphatic rings. The molecule has 2 N–H and O–H groups in total. The van der Waals surface area contributed by atoms with Crippen LogP contribution >= 0.6 is 0 Å². The predicted octanol–water partition coefficient (Wildman–Crippen LogP) is 2.48. The monoisotopic (exact) mass is 285 g/mol. The van der Waals surface area contributed by atoms with Gasteiger partial charge in [-0.15, -0.1) is 0 Å². The Hall–Kier alpha value is -1.23. The lowest BCUT2D eigenvalue weighted by Crippen LogP contribution is -2.32. The van der Waals surface area contributed by atoms with E-state index < -0.39 is 14.6 Å². The van der Waals surface area contributed by atoms with Gasteiger partial charge in [-0.25, -0.2) is 8.42 Å². The molecule has 108 valence electrons.